The molecule has 2 aliphatic rings. The Balaban J connectivity index is 1.46. The number of morpholine rings is 1. The molecule has 1 aliphatic carbocycles. The maximum Gasteiger partial charge on any atom is 0.253 e. The molecule has 2 aromatic rings. The zero-order valence-corrected chi connectivity index (χ0v) is 14.7. The number of carbonyl (C=O) groups is 1. The topological polar surface area (TPSA) is 75.2 Å². The Morgan fingerprint density at radius 1 is 1.40 bits per heavy atom. The van der Waals surface area contributed by atoms with Gasteiger partial charge in [0, 0.05) is 38.2 Å². The number of rotatable bonds is 5. The fraction of sp³-hybridized carbons (Fsp3) is 0.556. The van der Waals surface area contributed by atoms with Crippen molar-refractivity contribution in [1.82, 2.24) is 25.0 Å². The van der Waals surface area contributed by atoms with E-state index in [-0.39, 0.29) is 18.1 Å². The highest BCUT2D eigenvalue weighted by Crippen LogP contribution is 2.40. The highest BCUT2D eigenvalue weighted by atomic mass is 16.5. The van der Waals surface area contributed by atoms with Crippen LogP contribution >= 0.6 is 0 Å². The Morgan fingerprint density at radius 3 is 2.96 bits per heavy atom. The number of nitrogens with zero attached hydrogens (tertiary/aromatic N) is 3. The highest BCUT2D eigenvalue weighted by molar-refractivity contribution is 5.95. The number of hydrogen-bond donors (Lipinski definition) is 2. The van der Waals surface area contributed by atoms with E-state index < -0.39 is 0 Å². The molecule has 0 radical (unpaired) electrons. The lowest BCUT2D eigenvalue weighted by Gasteiger charge is -2.39. The predicted octanol–water partition coefficient (Wildman–Crippen LogP) is 1.43. The highest BCUT2D eigenvalue weighted by Gasteiger charge is 2.34. The third-order valence-electron chi connectivity index (χ3n) is 5.24. The summed E-state index contributed by atoms with van der Waals surface area (Å²) in [6.45, 7) is 2.01. The van der Waals surface area contributed by atoms with E-state index in [0.29, 0.717) is 19.1 Å². The molecule has 0 aromatic carbocycles. The zero-order valence-electron chi connectivity index (χ0n) is 14.7. The lowest BCUT2D eigenvalue weighted by atomic mass is 10.0. The first kappa shape index (κ1) is 16.4. The van der Waals surface area contributed by atoms with Gasteiger partial charge in [0.2, 0.25) is 0 Å². The van der Waals surface area contributed by atoms with Crippen LogP contribution < -0.4 is 5.32 Å². The molecular weight excluding hydrogens is 318 g/mol. The lowest BCUT2D eigenvalue weighted by Crippen LogP contribution is -2.48. The maximum atomic E-state index is 12.6. The van der Waals surface area contributed by atoms with Crippen molar-refractivity contribution in [3.63, 3.8) is 0 Å². The quantitative estimate of drug-likeness (QED) is 0.861. The third kappa shape index (κ3) is 3.21. The number of likely N-dealkylation sites (N-methyl/N-ethyl adjacent to an activating group) is 1. The Kier molecular flexibility index (Phi) is 4.35. The summed E-state index contributed by atoms with van der Waals surface area (Å²) < 4.78 is 7.87. The van der Waals surface area contributed by atoms with E-state index in [1.165, 1.54) is 12.8 Å². The standard InChI is InChI=1S/C18H25N5O2/c1-22-9-10-25-15(17(22)14-6-8-21-23(14)2)11-20-18(24)13-5-7-19-16(13)12-3-4-12/h5-8,12,15,17,19H,3-4,9-11H2,1-2H3,(H,20,24)/t15-,17-/m0/s1. The van der Waals surface area contributed by atoms with E-state index in [2.05, 4.69) is 27.3 Å². The number of nitrogens with one attached hydrogen (secondary N) is 2. The molecule has 25 heavy (non-hydrogen) atoms. The van der Waals surface area contributed by atoms with Crippen LogP contribution in [0.2, 0.25) is 0 Å². The Hall–Kier alpha value is -2.12. The van der Waals surface area contributed by atoms with E-state index >= 15 is 0 Å². The van der Waals surface area contributed by atoms with Crippen LogP contribution in [-0.4, -0.2) is 58.4 Å². The van der Waals surface area contributed by atoms with Gasteiger partial charge in [-0.1, -0.05) is 0 Å². The van der Waals surface area contributed by atoms with Crippen LogP contribution in [0.25, 0.3) is 0 Å². The molecule has 3 heterocycles. The Labute approximate surface area is 147 Å². The smallest absolute Gasteiger partial charge is 0.253 e. The van der Waals surface area contributed by atoms with Crippen LogP contribution in [0.15, 0.2) is 24.5 Å². The van der Waals surface area contributed by atoms with Gasteiger partial charge in [-0.15, -0.1) is 0 Å². The largest absolute Gasteiger partial charge is 0.373 e. The molecule has 1 saturated heterocycles. The number of amides is 1. The van der Waals surface area contributed by atoms with Crippen molar-refractivity contribution in [1.29, 1.82) is 0 Å². The van der Waals surface area contributed by atoms with Gasteiger partial charge in [0.05, 0.1) is 30.0 Å². The van der Waals surface area contributed by atoms with Crippen molar-refractivity contribution in [2.45, 2.75) is 30.9 Å². The number of H-pyrrole nitrogens is 1. The molecule has 0 unspecified atom stereocenters. The van der Waals surface area contributed by atoms with Gasteiger partial charge in [0.1, 0.15) is 0 Å². The normalized spacial score (nSPS) is 24.4. The molecular formula is C18H25N5O2. The van der Waals surface area contributed by atoms with Crippen LogP contribution in [0, 0.1) is 0 Å². The van der Waals surface area contributed by atoms with E-state index in [9.17, 15) is 4.79 Å². The molecule has 1 amide bonds. The van der Waals surface area contributed by atoms with Gasteiger partial charge in [-0.3, -0.25) is 14.4 Å². The maximum absolute atomic E-state index is 12.6. The third-order valence-corrected chi connectivity index (χ3v) is 5.24. The van der Waals surface area contributed by atoms with Crippen LogP contribution in [0.5, 0.6) is 0 Å². The summed E-state index contributed by atoms with van der Waals surface area (Å²) in [4.78, 5) is 18.1. The molecule has 2 aromatic heterocycles. The summed E-state index contributed by atoms with van der Waals surface area (Å²) in [5, 5.41) is 7.35. The molecule has 0 bridgehead atoms. The molecule has 2 N–H and O–H groups in total. The predicted molar refractivity (Wildman–Crippen MR) is 93.4 cm³/mol. The monoisotopic (exact) mass is 343 g/mol. The minimum atomic E-state index is -0.0959. The molecule has 2 fully saturated rings. The zero-order chi connectivity index (χ0) is 17.4. The number of carbonyl (C=O) groups excluding carboxylic acids is 1. The fourth-order valence-corrected chi connectivity index (χ4v) is 3.70. The van der Waals surface area contributed by atoms with Gasteiger partial charge in [-0.05, 0) is 37.9 Å². The second-order valence-electron chi connectivity index (χ2n) is 7.00. The molecule has 7 heteroatoms. The van der Waals surface area contributed by atoms with E-state index in [1.54, 1.807) is 6.20 Å². The van der Waals surface area contributed by atoms with Crippen LogP contribution in [0.3, 0.4) is 0 Å². The number of hydrogen-bond acceptors (Lipinski definition) is 4. The second kappa shape index (κ2) is 6.65. The van der Waals surface area contributed by atoms with Crippen molar-refractivity contribution in [2.75, 3.05) is 26.7 Å². The summed E-state index contributed by atoms with van der Waals surface area (Å²) in [7, 11) is 4.03. The van der Waals surface area contributed by atoms with Crippen molar-refractivity contribution in [3.8, 4) is 0 Å². The first-order valence-corrected chi connectivity index (χ1v) is 8.90. The van der Waals surface area contributed by atoms with Gasteiger partial charge in [-0.25, -0.2) is 0 Å². The molecule has 2 atom stereocenters. The van der Waals surface area contributed by atoms with Gasteiger partial charge < -0.3 is 15.0 Å². The molecule has 1 saturated carbocycles. The molecule has 4 rings (SSSR count). The Morgan fingerprint density at radius 2 is 2.24 bits per heavy atom. The summed E-state index contributed by atoms with van der Waals surface area (Å²) >= 11 is 0. The SMILES string of the molecule is CN1CCO[C@@H](CNC(=O)c2cc[nH]c2C2CC2)[C@@H]1c1ccnn1C. The van der Waals surface area contributed by atoms with Gasteiger partial charge in [0.25, 0.3) is 5.91 Å². The number of ether oxygens (including phenoxy) is 1. The fourth-order valence-electron chi connectivity index (χ4n) is 3.70. The van der Waals surface area contributed by atoms with E-state index in [4.69, 9.17) is 4.74 Å². The van der Waals surface area contributed by atoms with Gasteiger partial charge >= 0.3 is 0 Å². The van der Waals surface area contributed by atoms with E-state index in [0.717, 1.165) is 23.5 Å². The van der Waals surface area contributed by atoms with Crippen LogP contribution in [0.1, 0.15) is 46.5 Å². The van der Waals surface area contributed by atoms with Crippen molar-refractivity contribution in [2.24, 2.45) is 7.05 Å². The molecule has 134 valence electrons. The molecule has 1 aliphatic heterocycles. The second-order valence-corrected chi connectivity index (χ2v) is 7.00. The number of aryl methyl sites for hydroxylation is 1. The molecule has 0 spiro atoms. The first-order chi connectivity index (χ1) is 12.1. The minimum Gasteiger partial charge on any atom is -0.373 e. The summed E-state index contributed by atoms with van der Waals surface area (Å²) in [6.07, 6.45) is 5.89. The Bertz CT molecular complexity index is 748. The van der Waals surface area contributed by atoms with Crippen LogP contribution in [-0.2, 0) is 11.8 Å². The summed E-state index contributed by atoms with van der Waals surface area (Å²) in [6, 6.07) is 3.97. The van der Waals surface area contributed by atoms with Gasteiger partial charge in [-0.2, -0.15) is 5.10 Å². The summed E-state index contributed by atoms with van der Waals surface area (Å²) in [5.74, 6) is 0.499. The van der Waals surface area contributed by atoms with Crippen molar-refractivity contribution >= 4 is 5.91 Å². The summed E-state index contributed by atoms with van der Waals surface area (Å²) in [5.41, 5.74) is 2.94. The number of aromatic nitrogens is 3. The van der Waals surface area contributed by atoms with Crippen molar-refractivity contribution in [3.05, 3.63) is 41.5 Å². The van der Waals surface area contributed by atoms with E-state index in [1.807, 2.05) is 30.1 Å². The first-order valence-electron chi connectivity index (χ1n) is 8.90. The average Bonchev–Trinajstić information content (AvgIpc) is 3.17. The number of aromatic amines is 1. The minimum absolute atomic E-state index is 0.0243. The lowest BCUT2D eigenvalue weighted by molar-refractivity contribution is -0.0629. The average molecular weight is 343 g/mol. The van der Waals surface area contributed by atoms with Crippen molar-refractivity contribution < 1.29 is 9.53 Å². The van der Waals surface area contributed by atoms with Gasteiger partial charge in [0.15, 0.2) is 0 Å². The van der Waals surface area contributed by atoms with Crippen LogP contribution in [0.4, 0.5) is 0 Å². The molecule has 7 nitrogen and oxygen atoms in total.